The summed E-state index contributed by atoms with van der Waals surface area (Å²) in [5, 5.41) is 18.1. The summed E-state index contributed by atoms with van der Waals surface area (Å²) >= 11 is 5.94. The lowest BCUT2D eigenvalue weighted by Gasteiger charge is -2.09. The predicted molar refractivity (Wildman–Crippen MR) is 86.0 cm³/mol. The van der Waals surface area contributed by atoms with Crippen LogP contribution in [-0.4, -0.2) is 15.0 Å². The number of nitriles is 1. The van der Waals surface area contributed by atoms with E-state index in [1.54, 1.807) is 16.8 Å². The normalized spacial score (nSPS) is 10.5. The van der Waals surface area contributed by atoms with Gasteiger partial charge in [-0.3, -0.25) is 0 Å². The van der Waals surface area contributed by atoms with Crippen LogP contribution in [0.1, 0.15) is 16.8 Å². The van der Waals surface area contributed by atoms with Crippen LogP contribution in [0.3, 0.4) is 0 Å². The van der Waals surface area contributed by atoms with Crippen molar-refractivity contribution in [3.63, 3.8) is 0 Å². The van der Waals surface area contributed by atoms with Crippen LogP contribution >= 0.6 is 11.6 Å². The zero-order valence-electron chi connectivity index (χ0n) is 12.2. The van der Waals surface area contributed by atoms with Gasteiger partial charge < -0.3 is 0 Å². The molecule has 0 spiro atoms. The van der Waals surface area contributed by atoms with E-state index in [9.17, 15) is 5.26 Å². The summed E-state index contributed by atoms with van der Waals surface area (Å²) in [7, 11) is 0. The second-order valence-corrected chi connectivity index (χ2v) is 5.60. The van der Waals surface area contributed by atoms with Crippen molar-refractivity contribution in [3.05, 3.63) is 64.3 Å². The van der Waals surface area contributed by atoms with Gasteiger partial charge in [-0.2, -0.15) is 5.26 Å². The average molecular weight is 309 g/mol. The van der Waals surface area contributed by atoms with Gasteiger partial charge in [0.1, 0.15) is 11.8 Å². The topological polar surface area (TPSA) is 54.5 Å². The third-order valence-corrected chi connectivity index (χ3v) is 3.60. The van der Waals surface area contributed by atoms with Crippen LogP contribution in [-0.2, 0) is 0 Å². The van der Waals surface area contributed by atoms with Crippen LogP contribution in [0.15, 0.2) is 42.5 Å². The van der Waals surface area contributed by atoms with Crippen molar-refractivity contribution in [3.8, 4) is 23.0 Å². The van der Waals surface area contributed by atoms with Gasteiger partial charge in [-0.1, -0.05) is 35.0 Å². The van der Waals surface area contributed by atoms with Crippen LogP contribution < -0.4 is 0 Å². The van der Waals surface area contributed by atoms with Gasteiger partial charge in [0.05, 0.1) is 5.69 Å². The van der Waals surface area contributed by atoms with Crippen molar-refractivity contribution in [2.75, 3.05) is 0 Å². The number of aromatic nitrogens is 3. The van der Waals surface area contributed by atoms with E-state index in [0.717, 1.165) is 22.4 Å². The summed E-state index contributed by atoms with van der Waals surface area (Å²) in [6, 6.07) is 15.5. The van der Waals surface area contributed by atoms with E-state index in [1.165, 1.54) is 0 Å². The van der Waals surface area contributed by atoms with Gasteiger partial charge in [0.2, 0.25) is 0 Å². The number of rotatable bonds is 2. The van der Waals surface area contributed by atoms with Crippen molar-refractivity contribution in [2.45, 2.75) is 13.8 Å². The molecule has 22 heavy (non-hydrogen) atoms. The minimum Gasteiger partial charge on any atom is -0.211 e. The smallest absolute Gasteiger partial charge is 0.191 e. The molecule has 5 heteroatoms. The summed E-state index contributed by atoms with van der Waals surface area (Å²) in [5.41, 5.74) is 4.96. The average Bonchev–Trinajstić information content (AvgIpc) is 2.91. The molecule has 0 amide bonds. The monoisotopic (exact) mass is 308 g/mol. The van der Waals surface area contributed by atoms with E-state index in [1.807, 2.05) is 38.1 Å². The molecule has 0 saturated heterocycles. The van der Waals surface area contributed by atoms with E-state index < -0.39 is 0 Å². The molecule has 0 unspecified atom stereocenters. The van der Waals surface area contributed by atoms with Gasteiger partial charge in [-0.05, 0) is 49.2 Å². The molecule has 4 nitrogen and oxygen atoms in total. The molecule has 0 saturated carbocycles. The molecule has 0 aliphatic heterocycles. The van der Waals surface area contributed by atoms with E-state index in [0.29, 0.717) is 16.4 Å². The maximum atomic E-state index is 9.31. The Balaban J connectivity index is 2.23. The highest BCUT2D eigenvalue weighted by atomic mass is 35.5. The first kappa shape index (κ1) is 14.3. The first-order valence-electron chi connectivity index (χ1n) is 6.79. The Labute approximate surface area is 133 Å². The largest absolute Gasteiger partial charge is 0.211 e. The minimum absolute atomic E-state index is 0.293. The van der Waals surface area contributed by atoms with Gasteiger partial charge in [0.15, 0.2) is 5.69 Å². The number of benzene rings is 2. The van der Waals surface area contributed by atoms with Gasteiger partial charge in [0, 0.05) is 10.6 Å². The highest BCUT2D eigenvalue weighted by molar-refractivity contribution is 6.30. The fourth-order valence-electron chi connectivity index (χ4n) is 2.48. The Morgan fingerprint density at radius 1 is 1.05 bits per heavy atom. The maximum absolute atomic E-state index is 9.31. The molecular weight excluding hydrogens is 296 g/mol. The van der Waals surface area contributed by atoms with Crippen molar-refractivity contribution in [2.24, 2.45) is 0 Å². The number of aryl methyl sites for hydroxylation is 2. The van der Waals surface area contributed by atoms with Crippen LogP contribution in [0.2, 0.25) is 5.02 Å². The lowest BCUT2D eigenvalue weighted by Crippen LogP contribution is -2.01. The number of halogens is 1. The zero-order valence-corrected chi connectivity index (χ0v) is 13.0. The van der Waals surface area contributed by atoms with Crippen molar-refractivity contribution < 1.29 is 0 Å². The van der Waals surface area contributed by atoms with E-state index in [4.69, 9.17) is 11.6 Å². The third kappa shape index (κ3) is 2.59. The Kier molecular flexibility index (Phi) is 3.66. The molecule has 0 atom stereocenters. The van der Waals surface area contributed by atoms with Crippen molar-refractivity contribution in [1.29, 1.82) is 5.26 Å². The van der Waals surface area contributed by atoms with Gasteiger partial charge in [0.25, 0.3) is 0 Å². The maximum Gasteiger partial charge on any atom is 0.191 e. The molecule has 0 N–H and O–H groups in total. The molecule has 0 fully saturated rings. The number of nitrogens with zero attached hydrogens (tertiary/aromatic N) is 4. The molecule has 0 aliphatic carbocycles. The number of hydrogen-bond acceptors (Lipinski definition) is 3. The standard InChI is InChI=1S/C17H13ClN4/c1-11-7-12(2)9-15(8-11)22-17(16(10-19)20-21-22)13-3-5-14(18)6-4-13/h3-9H,1-2H3. The molecule has 3 aromatic rings. The summed E-state index contributed by atoms with van der Waals surface area (Å²) in [4.78, 5) is 0. The van der Waals surface area contributed by atoms with Gasteiger partial charge in [-0.15, -0.1) is 5.10 Å². The molecule has 0 bridgehead atoms. The molecule has 0 radical (unpaired) electrons. The van der Waals surface area contributed by atoms with Crippen LogP contribution in [0.5, 0.6) is 0 Å². The molecule has 2 aromatic carbocycles. The molecule has 3 rings (SSSR count). The summed E-state index contributed by atoms with van der Waals surface area (Å²) in [6.07, 6.45) is 0. The fourth-order valence-corrected chi connectivity index (χ4v) is 2.60. The van der Waals surface area contributed by atoms with Crippen LogP contribution in [0.25, 0.3) is 16.9 Å². The van der Waals surface area contributed by atoms with E-state index in [2.05, 4.69) is 22.4 Å². The first-order valence-corrected chi connectivity index (χ1v) is 7.16. The third-order valence-electron chi connectivity index (χ3n) is 3.34. The Morgan fingerprint density at radius 3 is 2.27 bits per heavy atom. The number of hydrogen-bond donors (Lipinski definition) is 0. The van der Waals surface area contributed by atoms with Gasteiger partial charge in [-0.25, -0.2) is 4.68 Å². The summed E-state index contributed by atoms with van der Waals surface area (Å²) in [6.45, 7) is 4.06. The lowest BCUT2D eigenvalue weighted by atomic mass is 10.1. The molecule has 1 aromatic heterocycles. The Hall–Kier alpha value is -2.64. The predicted octanol–water partition coefficient (Wildman–Crippen LogP) is 4.08. The lowest BCUT2D eigenvalue weighted by molar-refractivity contribution is 0.805. The quantitative estimate of drug-likeness (QED) is 0.717. The van der Waals surface area contributed by atoms with Crippen LogP contribution in [0, 0.1) is 25.2 Å². The molecule has 108 valence electrons. The highest BCUT2D eigenvalue weighted by Crippen LogP contribution is 2.27. The molecular formula is C17H13ClN4. The first-order chi connectivity index (χ1) is 10.6. The van der Waals surface area contributed by atoms with Gasteiger partial charge >= 0.3 is 0 Å². The second kappa shape index (κ2) is 5.63. The van der Waals surface area contributed by atoms with E-state index in [-0.39, 0.29) is 0 Å². The highest BCUT2D eigenvalue weighted by Gasteiger charge is 2.16. The second-order valence-electron chi connectivity index (χ2n) is 5.16. The summed E-state index contributed by atoms with van der Waals surface area (Å²) < 4.78 is 1.70. The fraction of sp³-hybridized carbons (Fsp3) is 0.118. The Morgan fingerprint density at radius 2 is 1.68 bits per heavy atom. The SMILES string of the molecule is Cc1cc(C)cc(-n2nnc(C#N)c2-c2ccc(Cl)cc2)c1. The van der Waals surface area contributed by atoms with Crippen molar-refractivity contribution >= 4 is 11.6 Å². The minimum atomic E-state index is 0.293. The zero-order chi connectivity index (χ0) is 15.7. The van der Waals surface area contributed by atoms with Crippen molar-refractivity contribution in [1.82, 2.24) is 15.0 Å². The van der Waals surface area contributed by atoms with Crippen LogP contribution in [0.4, 0.5) is 0 Å². The van der Waals surface area contributed by atoms with E-state index >= 15 is 0 Å². The molecule has 0 aliphatic rings. The Bertz CT molecular complexity index is 852. The summed E-state index contributed by atoms with van der Waals surface area (Å²) in [5.74, 6) is 0. The molecule has 1 heterocycles.